The van der Waals surface area contributed by atoms with Crippen molar-refractivity contribution in [2.75, 3.05) is 16.3 Å². The molecule has 2 aromatic carbocycles. The fraction of sp³-hybridized carbons (Fsp3) is 0.0870. The molecule has 2 heterocycles. The molecule has 0 atom stereocenters. The fourth-order valence-corrected chi connectivity index (χ4v) is 4.16. The van der Waals surface area contributed by atoms with Crippen LogP contribution in [0.25, 0.3) is 27.5 Å². The van der Waals surface area contributed by atoms with Crippen LogP contribution in [0.3, 0.4) is 0 Å². The summed E-state index contributed by atoms with van der Waals surface area (Å²) in [7, 11) is -3.44. The highest BCUT2D eigenvalue weighted by molar-refractivity contribution is 7.92. The van der Waals surface area contributed by atoms with E-state index in [1.807, 2.05) is 13.0 Å². The summed E-state index contributed by atoms with van der Waals surface area (Å²) < 4.78 is 27.2. The molecule has 0 aliphatic heterocycles. The molecule has 0 unspecified atom stereocenters. The minimum Gasteiger partial charge on any atom is -0.322 e. The fourth-order valence-electron chi connectivity index (χ4n) is 3.60. The van der Waals surface area contributed by atoms with E-state index < -0.39 is 10.0 Å². The number of aromatic nitrogens is 2. The standard InChI is InChI=1S/C23H20N4O4S/c1-4-21(28)25-17-9-14(2)10-18(11-17)27-22(29)8-5-15-13-24-20-12-16(26-32(3,30)31)6-7-19(20)23(15)27/h4-13,26H,1H2,2-3H3,(H,25,28). The van der Waals surface area contributed by atoms with Gasteiger partial charge in [-0.3, -0.25) is 23.9 Å². The summed E-state index contributed by atoms with van der Waals surface area (Å²) in [5.74, 6) is -0.354. The molecule has 4 rings (SSSR count). The van der Waals surface area contributed by atoms with Crippen LogP contribution in [0, 0.1) is 6.92 Å². The monoisotopic (exact) mass is 448 g/mol. The lowest BCUT2D eigenvalue weighted by Crippen LogP contribution is -2.18. The second-order valence-corrected chi connectivity index (χ2v) is 9.17. The molecule has 0 saturated heterocycles. The van der Waals surface area contributed by atoms with Crippen LogP contribution < -0.4 is 15.6 Å². The normalized spacial score (nSPS) is 11.4. The predicted octanol–water partition coefficient (Wildman–Crippen LogP) is 3.34. The number of nitrogens with one attached hydrogen (secondary N) is 2. The van der Waals surface area contributed by atoms with Crippen LogP contribution in [-0.2, 0) is 14.8 Å². The number of carbonyl (C=O) groups excluding carboxylic acids is 1. The highest BCUT2D eigenvalue weighted by atomic mass is 32.2. The summed E-state index contributed by atoms with van der Waals surface area (Å²) in [5, 5.41) is 4.14. The topological polar surface area (TPSA) is 110 Å². The van der Waals surface area contributed by atoms with Crippen molar-refractivity contribution in [3.8, 4) is 5.69 Å². The van der Waals surface area contributed by atoms with Crippen LogP contribution in [0.15, 0.2) is 72.2 Å². The molecule has 0 radical (unpaired) electrons. The third-order valence-electron chi connectivity index (χ3n) is 4.79. The highest BCUT2D eigenvalue weighted by Crippen LogP contribution is 2.28. The molecular formula is C23H20N4O4S. The Hall–Kier alpha value is -3.98. The first kappa shape index (κ1) is 21.3. The number of nitrogens with zero attached hydrogens (tertiary/aromatic N) is 2. The number of anilines is 2. The van der Waals surface area contributed by atoms with Crippen molar-refractivity contribution in [2.24, 2.45) is 0 Å². The van der Waals surface area contributed by atoms with Crippen molar-refractivity contribution < 1.29 is 13.2 Å². The van der Waals surface area contributed by atoms with Gasteiger partial charge in [-0.15, -0.1) is 0 Å². The van der Waals surface area contributed by atoms with E-state index in [0.29, 0.717) is 33.5 Å². The molecule has 1 amide bonds. The van der Waals surface area contributed by atoms with Crippen molar-refractivity contribution in [1.29, 1.82) is 0 Å². The Kier molecular flexibility index (Phi) is 5.27. The van der Waals surface area contributed by atoms with E-state index >= 15 is 0 Å². The first-order valence-electron chi connectivity index (χ1n) is 9.62. The lowest BCUT2D eigenvalue weighted by molar-refractivity contribution is -0.111. The molecule has 0 aliphatic rings. The minimum absolute atomic E-state index is 0.255. The Balaban J connectivity index is 1.99. The first-order chi connectivity index (χ1) is 15.1. The molecule has 9 heteroatoms. The van der Waals surface area contributed by atoms with Crippen LogP contribution in [0.2, 0.25) is 0 Å². The molecule has 0 spiro atoms. The van der Waals surface area contributed by atoms with Gasteiger partial charge in [0.25, 0.3) is 5.56 Å². The van der Waals surface area contributed by atoms with Crippen molar-refractivity contribution in [3.05, 3.63) is 83.3 Å². The Bertz CT molecular complexity index is 1570. The number of hydrogen-bond acceptors (Lipinski definition) is 5. The summed E-state index contributed by atoms with van der Waals surface area (Å²) in [4.78, 5) is 29.2. The van der Waals surface area contributed by atoms with E-state index in [9.17, 15) is 18.0 Å². The number of pyridine rings is 2. The van der Waals surface area contributed by atoms with E-state index in [2.05, 4.69) is 21.6 Å². The molecule has 2 N–H and O–H groups in total. The maximum atomic E-state index is 13.0. The zero-order valence-corrected chi connectivity index (χ0v) is 18.2. The third kappa shape index (κ3) is 4.23. The predicted molar refractivity (Wildman–Crippen MR) is 127 cm³/mol. The Morgan fingerprint density at radius 1 is 1.09 bits per heavy atom. The zero-order chi connectivity index (χ0) is 23.0. The first-order valence-corrected chi connectivity index (χ1v) is 11.5. The molecule has 2 aromatic heterocycles. The Morgan fingerprint density at radius 2 is 1.88 bits per heavy atom. The van der Waals surface area contributed by atoms with Gasteiger partial charge < -0.3 is 5.32 Å². The lowest BCUT2D eigenvalue weighted by Gasteiger charge is -2.15. The summed E-state index contributed by atoms with van der Waals surface area (Å²) in [5.41, 5.74) is 3.23. The molecule has 8 nitrogen and oxygen atoms in total. The van der Waals surface area contributed by atoms with E-state index in [1.165, 1.54) is 12.1 Å². The molecule has 0 fully saturated rings. The van der Waals surface area contributed by atoms with Crippen molar-refractivity contribution in [2.45, 2.75) is 6.92 Å². The molecule has 0 saturated carbocycles. The van der Waals surface area contributed by atoms with E-state index in [0.717, 1.165) is 17.2 Å². The molecule has 162 valence electrons. The number of fused-ring (bicyclic) bond motifs is 3. The Labute approximate surface area is 184 Å². The van der Waals surface area contributed by atoms with Crippen LogP contribution in [0.1, 0.15) is 5.56 Å². The van der Waals surface area contributed by atoms with Gasteiger partial charge in [-0.1, -0.05) is 6.58 Å². The van der Waals surface area contributed by atoms with Gasteiger partial charge >= 0.3 is 0 Å². The maximum Gasteiger partial charge on any atom is 0.255 e. The van der Waals surface area contributed by atoms with Crippen LogP contribution >= 0.6 is 0 Å². The number of amides is 1. The number of carbonyl (C=O) groups is 1. The van der Waals surface area contributed by atoms with Gasteiger partial charge in [0.05, 0.1) is 28.7 Å². The summed E-state index contributed by atoms with van der Waals surface area (Å²) in [6.45, 7) is 5.33. The largest absolute Gasteiger partial charge is 0.322 e. The molecule has 0 bridgehead atoms. The van der Waals surface area contributed by atoms with Crippen LogP contribution in [0.5, 0.6) is 0 Å². The zero-order valence-electron chi connectivity index (χ0n) is 17.4. The van der Waals surface area contributed by atoms with Crippen molar-refractivity contribution in [1.82, 2.24) is 9.55 Å². The number of benzene rings is 2. The number of aryl methyl sites for hydroxylation is 1. The van der Waals surface area contributed by atoms with Gasteiger partial charge in [0.1, 0.15) is 0 Å². The van der Waals surface area contributed by atoms with E-state index in [4.69, 9.17) is 0 Å². The van der Waals surface area contributed by atoms with E-state index in [1.54, 1.807) is 47.2 Å². The third-order valence-corrected chi connectivity index (χ3v) is 5.40. The number of hydrogen-bond donors (Lipinski definition) is 2. The summed E-state index contributed by atoms with van der Waals surface area (Å²) in [6, 6.07) is 13.5. The number of rotatable bonds is 5. The SMILES string of the molecule is C=CC(=O)Nc1cc(C)cc(-n2c(=O)ccc3cnc4cc(NS(C)(=O)=O)ccc4c32)c1. The molecule has 32 heavy (non-hydrogen) atoms. The molecular weight excluding hydrogens is 428 g/mol. The maximum absolute atomic E-state index is 13.0. The highest BCUT2D eigenvalue weighted by Gasteiger charge is 2.13. The minimum atomic E-state index is -3.44. The van der Waals surface area contributed by atoms with Gasteiger partial charge in [0.2, 0.25) is 15.9 Å². The van der Waals surface area contributed by atoms with E-state index in [-0.39, 0.29) is 11.5 Å². The van der Waals surface area contributed by atoms with Gasteiger partial charge in [-0.05, 0) is 61.0 Å². The molecule has 0 aliphatic carbocycles. The van der Waals surface area contributed by atoms with Gasteiger partial charge in [0, 0.05) is 28.7 Å². The average Bonchev–Trinajstić information content (AvgIpc) is 2.71. The van der Waals surface area contributed by atoms with Crippen molar-refractivity contribution in [3.63, 3.8) is 0 Å². The second kappa shape index (κ2) is 7.93. The summed E-state index contributed by atoms with van der Waals surface area (Å²) in [6.07, 6.45) is 3.88. The summed E-state index contributed by atoms with van der Waals surface area (Å²) >= 11 is 0. The quantitative estimate of drug-likeness (QED) is 0.359. The van der Waals surface area contributed by atoms with Gasteiger partial charge in [-0.2, -0.15) is 0 Å². The smallest absolute Gasteiger partial charge is 0.255 e. The molecule has 4 aromatic rings. The lowest BCUT2D eigenvalue weighted by atomic mass is 10.1. The van der Waals surface area contributed by atoms with Gasteiger partial charge in [0.15, 0.2) is 0 Å². The van der Waals surface area contributed by atoms with Crippen molar-refractivity contribution >= 4 is 49.1 Å². The Morgan fingerprint density at radius 3 is 2.59 bits per heavy atom. The van der Waals surface area contributed by atoms with Crippen LogP contribution in [-0.4, -0.2) is 30.1 Å². The average molecular weight is 449 g/mol. The van der Waals surface area contributed by atoms with Crippen LogP contribution in [0.4, 0.5) is 11.4 Å². The number of sulfonamides is 1. The second-order valence-electron chi connectivity index (χ2n) is 7.43. The van der Waals surface area contributed by atoms with Gasteiger partial charge in [-0.25, -0.2) is 8.42 Å².